The Kier molecular flexibility index (Phi) is 29.4. The molecule has 75 heavy (non-hydrogen) atoms. The van der Waals surface area contributed by atoms with E-state index in [1.165, 1.54) is 0 Å². The maximum absolute atomic E-state index is 13.9. The van der Waals surface area contributed by atoms with E-state index < -0.39 is 158 Å². The lowest BCUT2D eigenvalue weighted by molar-refractivity contribution is -0.140. The Morgan fingerprint density at radius 2 is 1.21 bits per heavy atom. The van der Waals surface area contributed by atoms with Crippen LogP contribution in [0.1, 0.15) is 113 Å². The van der Waals surface area contributed by atoms with Crippen molar-refractivity contribution in [2.45, 2.75) is 149 Å². The molecule has 0 heterocycles. The second-order valence-corrected chi connectivity index (χ2v) is 18.5. The minimum absolute atomic E-state index is 0.00968. The summed E-state index contributed by atoms with van der Waals surface area (Å²) in [6.07, 6.45) is -0.665. The van der Waals surface area contributed by atoms with E-state index in [-0.39, 0.29) is 44.7 Å². The normalized spacial score (nSPS) is 14.2. The van der Waals surface area contributed by atoms with E-state index in [0.29, 0.717) is 29.5 Å². The molecule has 0 spiro atoms. The third kappa shape index (κ3) is 24.1. The second-order valence-electron chi connectivity index (χ2n) is 18.5. The number of unbranched alkanes of at least 4 members (excludes halogenated alkanes) is 1. The molecular formula is C48H78N12O15. The molecule has 0 aliphatic rings. The fraction of sp³-hybridized carbons (Fsp3) is 0.625. The number of ketones is 1. The third-order valence-electron chi connectivity index (χ3n) is 11.8. The van der Waals surface area contributed by atoms with Crippen molar-refractivity contribution < 1.29 is 72.8 Å². The molecule has 0 aliphatic heterocycles. The number of Topliss-reactive ketones (excluding diaryl/α,β-unsaturated/α-hetero) is 1. The minimum atomic E-state index is -1.71. The van der Waals surface area contributed by atoms with Crippen molar-refractivity contribution >= 4 is 71.0 Å². The maximum Gasteiger partial charge on any atom is 0.339 e. The number of aliphatic hydroxyl groups is 1. The van der Waals surface area contributed by atoms with Gasteiger partial charge in [0, 0.05) is 13.0 Å². The molecule has 27 nitrogen and oxygen atoms in total. The van der Waals surface area contributed by atoms with Crippen LogP contribution in [0.4, 0.5) is 0 Å². The fourth-order valence-electron chi connectivity index (χ4n) is 7.48. The first-order valence-corrected chi connectivity index (χ1v) is 24.6. The molecule has 27 heteroatoms. The Balaban J connectivity index is 3.23. The number of nitrogens with zero attached hydrogens (tertiary/aromatic N) is 1. The van der Waals surface area contributed by atoms with Crippen molar-refractivity contribution in [1.29, 1.82) is 0 Å². The number of rotatable bonds is 35. The number of aliphatic imine (C=N–C) groups is 1. The van der Waals surface area contributed by atoms with Gasteiger partial charge in [-0.1, -0.05) is 51.8 Å². The lowest BCUT2D eigenvalue weighted by Gasteiger charge is -2.29. The summed E-state index contributed by atoms with van der Waals surface area (Å²) in [6.45, 7) is 9.60. The predicted molar refractivity (Wildman–Crippen MR) is 272 cm³/mol. The number of carbonyl (C=O) groups is 11. The summed E-state index contributed by atoms with van der Waals surface area (Å²) in [5, 5.41) is 45.7. The molecule has 7 amide bonds. The van der Waals surface area contributed by atoms with Crippen LogP contribution < -0.4 is 60.2 Å². The highest BCUT2D eigenvalue weighted by Gasteiger charge is 2.36. The average Bonchev–Trinajstić information content (AvgIpc) is 3.32. The number of ether oxygens (including phenoxy) is 1. The van der Waals surface area contributed by atoms with Gasteiger partial charge in [0.15, 0.2) is 18.3 Å². The first-order valence-electron chi connectivity index (χ1n) is 24.6. The van der Waals surface area contributed by atoms with Crippen LogP contribution >= 0.6 is 0 Å². The van der Waals surface area contributed by atoms with Crippen LogP contribution in [0.2, 0.25) is 0 Å². The van der Waals surface area contributed by atoms with Crippen LogP contribution in [0.3, 0.4) is 0 Å². The molecule has 0 fully saturated rings. The van der Waals surface area contributed by atoms with Crippen molar-refractivity contribution in [3.8, 4) is 0 Å². The number of guanidine groups is 1. The van der Waals surface area contributed by atoms with Crippen molar-refractivity contribution in [3.05, 3.63) is 34.4 Å². The van der Waals surface area contributed by atoms with Gasteiger partial charge in [-0.25, -0.2) is 4.79 Å². The summed E-state index contributed by atoms with van der Waals surface area (Å²) in [6, 6.07) is -6.65. The smallest absolute Gasteiger partial charge is 0.339 e. The highest BCUT2D eigenvalue weighted by molar-refractivity contribution is 5.99. The van der Waals surface area contributed by atoms with Gasteiger partial charge in [-0.15, -0.1) is 0 Å². The molecule has 0 saturated carbocycles. The molecular weight excluding hydrogens is 985 g/mol. The molecule has 8 atom stereocenters. The maximum atomic E-state index is 13.9. The number of hydrogen-bond acceptors (Lipinski definition) is 16. The number of carboxylic acids is 2. The number of nitrogens with one attached hydrogen (secondary N) is 7. The zero-order valence-corrected chi connectivity index (χ0v) is 43.7. The molecule has 0 aromatic heterocycles. The molecule has 0 saturated heterocycles. The SMILES string of the molecule is CC[C@H](C)[C@H](NC(=O)[C@H](CO)NC(=O)[C@H](CCCCN)NC(=O)[C@@H](N)CC(=O)O)C(=O)N[C@@H](CCC(=O)O)C(=O)N[C@H](C(=O)NCC(=O)N[C@@H](CCCN=C(N)N)C(=O)COC(=O)c1c(C)cc(C)cc1C)C(C)C. The van der Waals surface area contributed by atoms with Crippen LogP contribution in [0.15, 0.2) is 17.1 Å². The summed E-state index contributed by atoms with van der Waals surface area (Å²) >= 11 is 0. The number of esters is 1. The third-order valence-corrected chi connectivity index (χ3v) is 11.8. The number of hydrogen-bond donors (Lipinski definition) is 14. The van der Waals surface area contributed by atoms with Crippen molar-refractivity contribution in [2.75, 3.05) is 32.8 Å². The average molecular weight is 1060 g/mol. The molecule has 0 unspecified atom stereocenters. The van der Waals surface area contributed by atoms with E-state index in [0.717, 1.165) is 5.56 Å². The topological polar surface area (TPSA) is 458 Å². The molecule has 18 N–H and O–H groups in total. The Hall–Kier alpha value is -7.26. The zero-order chi connectivity index (χ0) is 57.1. The molecule has 1 aromatic carbocycles. The highest BCUT2D eigenvalue weighted by atomic mass is 16.5. The zero-order valence-electron chi connectivity index (χ0n) is 43.7. The molecule has 0 bridgehead atoms. The number of carboxylic acid groups (broad SMARTS) is 2. The van der Waals surface area contributed by atoms with Crippen LogP contribution in [0.5, 0.6) is 0 Å². The number of benzene rings is 1. The van der Waals surface area contributed by atoms with E-state index in [1.54, 1.807) is 53.7 Å². The van der Waals surface area contributed by atoms with Crippen LogP contribution in [0.25, 0.3) is 0 Å². The lowest BCUT2D eigenvalue weighted by atomic mass is 9.96. The number of aliphatic carboxylic acids is 2. The standard InChI is InChI=1S/C48H78N12O15/c1-8-26(5)40(60-44(71)33(22-61)58-42(69)31(12-9-10-16-49)56-41(68)29(50)20-37(66)67)46(73)57-32(14-15-36(64)65)43(70)59-39(24(2)3)45(72)54-21-35(63)55-30(13-11-17-53-48(51)52)34(62)23-75-47(74)38-27(6)18-25(4)19-28(38)7/h18-19,24,26,29-33,39-40,61H,8-17,20-23,49-50H2,1-7H3,(H,54,72)(H,55,63)(H,56,68)(H,57,73)(H,58,69)(H,59,70)(H,60,71)(H,64,65)(H,66,67)(H4,51,52,53)/t26-,29-,30-,31-,32-,33-,39-,40-/m0/s1. The number of aliphatic hydroxyl groups excluding tert-OH is 1. The van der Waals surface area contributed by atoms with E-state index >= 15 is 0 Å². The Morgan fingerprint density at radius 1 is 0.667 bits per heavy atom. The molecule has 0 aliphatic carbocycles. The van der Waals surface area contributed by atoms with Gasteiger partial charge in [-0.05, 0) is 88.8 Å². The Bertz CT molecular complexity index is 2180. The van der Waals surface area contributed by atoms with Crippen molar-refractivity contribution in [1.82, 2.24) is 37.2 Å². The molecule has 0 radical (unpaired) electrons. The van der Waals surface area contributed by atoms with Crippen LogP contribution in [-0.4, -0.2) is 161 Å². The Morgan fingerprint density at radius 3 is 1.76 bits per heavy atom. The summed E-state index contributed by atoms with van der Waals surface area (Å²) in [5.74, 6) is -12.4. The summed E-state index contributed by atoms with van der Waals surface area (Å²) in [7, 11) is 0. The summed E-state index contributed by atoms with van der Waals surface area (Å²) < 4.78 is 5.34. The molecule has 420 valence electrons. The number of amides is 7. The fourth-order valence-corrected chi connectivity index (χ4v) is 7.48. The number of nitrogens with two attached hydrogens (primary N) is 4. The number of carbonyl (C=O) groups excluding carboxylic acids is 9. The largest absolute Gasteiger partial charge is 0.481 e. The van der Waals surface area contributed by atoms with E-state index in [1.807, 2.05) is 6.92 Å². The van der Waals surface area contributed by atoms with Crippen molar-refractivity contribution in [2.24, 2.45) is 39.8 Å². The van der Waals surface area contributed by atoms with E-state index in [4.69, 9.17) is 32.8 Å². The molecule has 1 rings (SSSR count). The predicted octanol–water partition coefficient (Wildman–Crippen LogP) is -3.09. The van der Waals surface area contributed by atoms with Gasteiger partial charge in [-0.2, -0.15) is 0 Å². The van der Waals surface area contributed by atoms with Gasteiger partial charge in [-0.3, -0.25) is 52.9 Å². The van der Waals surface area contributed by atoms with Gasteiger partial charge >= 0.3 is 17.9 Å². The highest BCUT2D eigenvalue weighted by Crippen LogP contribution is 2.18. The molecule has 1 aromatic rings. The summed E-state index contributed by atoms with van der Waals surface area (Å²) in [5.41, 5.74) is 24.5. The lowest BCUT2D eigenvalue weighted by Crippen LogP contribution is -2.61. The quantitative estimate of drug-likeness (QED) is 0.0139. The first kappa shape index (κ1) is 65.8. The van der Waals surface area contributed by atoms with Gasteiger partial charge in [0.05, 0.1) is 37.2 Å². The van der Waals surface area contributed by atoms with E-state index in [2.05, 4.69) is 42.2 Å². The first-order chi connectivity index (χ1) is 35.2. The Labute approximate surface area is 435 Å². The van der Waals surface area contributed by atoms with Gasteiger partial charge in [0.1, 0.15) is 30.2 Å². The van der Waals surface area contributed by atoms with Crippen LogP contribution in [0, 0.1) is 32.6 Å². The monoisotopic (exact) mass is 1060 g/mol. The second kappa shape index (κ2) is 33.5. The van der Waals surface area contributed by atoms with Gasteiger partial charge in [0.25, 0.3) is 0 Å². The van der Waals surface area contributed by atoms with Crippen molar-refractivity contribution in [3.63, 3.8) is 0 Å². The summed E-state index contributed by atoms with van der Waals surface area (Å²) in [4.78, 5) is 147. The minimum Gasteiger partial charge on any atom is -0.481 e. The van der Waals surface area contributed by atoms with Gasteiger partial charge < -0.3 is 80.2 Å². The van der Waals surface area contributed by atoms with Gasteiger partial charge in [0.2, 0.25) is 41.4 Å². The van der Waals surface area contributed by atoms with E-state index in [9.17, 15) is 63.0 Å². The van der Waals surface area contributed by atoms with Crippen LogP contribution in [-0.2, 0) is 52.7 Å². The number of aryl methyl sites for hydroxylation is 3.